The van der Waals surface area contributed by atoms with Gasteiger partial charge in [-0.15, -0.1) is 0 Å². The van der Waals surface area contributed by atoms with Gasteiger partial charge < -0.3 is 14.4 Å². The van der Waals surface area contributed by atoms with E-state index in [0.29, 0.717) is 23.4 Å². The minimum absolute atomic E-state index is 0.295. The molecule has 6 nitrogen and oxygen atoms in total. The molecule has 0 unspecified atom stereocenters. The van der Waals surface area contributed by atoms with Crippen molar-refractivity contribution in [3.05, 3.63) is 48.5 Å². The second kappa shape index (κ2) is 9.94. The Morgan fingerprint density at radius 2 is 1.55 bits per heavy atom. The summed E-state index contributed by atoms with van der Waals surface area (Å²) in [7, 11) is -3.17. The average Bonchev–Trinajstić information content (AvgIpc) is 3.34. The topological polar surface area (TPSA) is 59.1 Å². The third-order valence-corrected chi connectivity index (χ3v) is 9.37. The normalized spacial score (nSPS) is 23.6. The quantitative estimate of drug-likeness (QED) is 0.604. The maximum Gasteiger partial charge on any atom is 0.231 e. The molecule has 2 aromatic rings. The Balaban J connectivity index is 1.04. The highest BCUT2D eigenvalue weighted by atomic mass is 32.2. The average molecular weight is 471 g/mol. The Morgan fingerprint density at radius 3 is 2.30 bits per heavy atom. The van der Waals surface area contributed by atoms with Crippen molar-refractivity contribution in [3.8, 4) is 11.5 Å². The summed E-state index contributed by atoms with van der Waals surface area (Å²) in [5.74, 6) is 3.05. The van der Waals surface area contributed by atoms with Gasteiger partial charge in [0.25, 0.3) is 0 Å². The zero-order chi connectivity index (χ0) is 22.7. The number of ether oxygens (including phenoxy) is 2. The molecule has 2 aliphatic heterocycles. The van der Waals surface area contributed by atoms with Crippen LogP contribution in [-0.4, -0.2) is 58.6 Å². The van der Waals surface area contributed by atoms with Gasteiger partial charge in [0.15, 0.2) is 21.3 Å². The van der Waals surface area contributed by atoms with Crippen LogP contribution in [0.3, 0.4) is 0 Å². The lowest BCUT2D eigenvalue weighted by Gasteiger charge is -2.37. The molecule has 33 heavy (non-hydrogen) atoms. The number of rotatable bonds is 7. The van der Waals surface area contributed by atoms with Crippen LogP contribution in [0, 0.1) is 11.8 Å². The predicted molar refractivity (Wildman–Crippen MR) is 130 cm³/mol. The van der Waals surface area contributed by atoms with Crippen LogP contribution >= 0.6 is 0 Å². The highest BCUT2D eigenvalue weighted by Crippen LogP contribution is 2.41. The first kappa shape index (κ1) is 22.5. The molecule has 1 saturated carbocycles. The van der Waals surface area contributed by atoms with E-state index in [1.165, 1.54) is 6.42 Å². The fraction of sp³-hybridized carbons (Fsp3) is 0.538. The second-order valence-corrected chi connectivity index (χ2v) is 11.6. The van der Waals surface area contributed by atoms with Crippen LogP contribution in [0.15, 0.2) is 53.4 Å². The Hall–Kier alpha value is -2.25. The minimum Gasteiger partial charge on any atom is -0.454 e. The van der Waals surface area contributed by atoms with Gasteiger partial charge in [-0.1, -0.05) is 37.1 Å². The highest BCUT2D eigenvalue weighted by Gasteiger charge is 2.28. The van der Waals surface area contributed by atoms with Gasteiger partial charge in [-0.05, 0) is 61.9 Å². The zero-order valence-corrected chi connectivity index (χ0v) is 20.0. The number of nitrogens with zero attached hydrogens (tertiary/aromatic N) is 2. The lowest BCUT2D eigenvalue weighted by atomic mass is 9.81. The van der Waals surface area contributed by atoms with Gasteiger partial charge >= 0.3 is 0 Å². The van der Waals surface area contributed by atoms with Crippen molar-refractivity contribution in [1.29, 1.82) is 0 Å². The fourth-order valence-electron chi connectivity index (χ4n) is 5.46. The molecule has 0 radical (unpaired) electrons. The molecule has 0 atom stereocenters. The summed E-state index contributed by atoms with van der Waals surface area (Å²) < 4.78 is 36.6. The van der Waals surface area contributed by atoms with E-state index in [1.807, 2.05) is 18.2 Å². The van der Waals surface area contributed by atoms with Crippen LogP contribution in [0.1, 0.15) is 32.1 Å². The summed E-state index contributed by atoms with van der Waals surface area (Å²) in [5.41, 5.74) is 1.15. The molecular weight excluding hydrogens is 436 g/mol. The Labute approximate surface area is 197 Å². The molecule has 7 heteroatoms. The Bertz CT molecular complexity index is 1030. The number of sulfone groups is 1. The van der Waals surface area contributed by atoms with Crippen molar-refractivity contribution in [2.75, 3.05) is 50.2 Å². The van der Waals surface area contributed by atoms with Crippen molar-refractivity contribution < 1.29 is 17.9 Å². The Kier molecular flexibility index (Phi) is 6.79. The number of fused-ring (bicyclic) bond motifs is 1. The molecule has 0 spiro atoms. The molecule has 0 N–H and O–H groups in total. The third-order valence-electron chi connectivity index (χ3n) is 7.47. The van der Waals surface area contributed by atoms with Crippen LogP contribution in [0.4, 0.5) is 5.69 Å². The molecule has 0 bridgehead atoms. The molecule has 0 amide bonds. The van der Waals surface area contributed by atoms with E-state index in [4.69, 9.17) is 9.47 Å². The molecule has 2 heterocycles. The SMILES string of the molecule is O=S(=O)(CC1CCC(CCN2CCN(c3cccc4c3OCO4)CC2)CC1)c1ccccc1. The van der Waals surface area contributed by atoms with Gasteiger partial charge in [0.05, 0.1) is 16.3 Å². The van der Waals surface area contributed by atoms with E-state index in [1.54, 1.807) is 24.3 Å². The first-order valence-corrected chi connectivity index (χ1v) is 13.9. The van der Waals surface area contributed by atoms with E-state index in [9.17, 15) is 8.42 Å². The van der Waals surface area contributed by atoms with E-state index in [-0.39, 0.29) is 0 Å². The molecular formula is C26H34N2O4S. The number of anilines is 1. The molecule has 5 rings (SSSR count). The zero-order valence-electron chi connectivity index (χ0n) is 19.2. The minimum atomic E-state index is -3.17. The predicted octanol–water partition coefficient (Wildman–Crippen LogP) is 4.21. The smallest absolute Gasteiger partial charge is 0.231 e. The number of piperazine rings is 1. The Morgan fingerprint density at radius 1 is 0.818 bits per heavy atom. The van der Waals surface area contributed by atoms with Gasteiger partial charge in [0.1, 0.15) is 0 Å². The van der Waals surface area contributed by atoms with Crippen molar-refractivity contribution in [1.82, 2.24) is 4.90 Å². The van der Waals surface area contributed by atoms with Crippen LogP contribution in [0.25, 0.3) is 0 Å². The first-order valence-electron chi connectivity index (χ1n) is 12.2. The van der Waals surface area contributed by atoms with Crippen LogP contribution < -0.4 is 14.4 Å². The summed E-state index contributed by atoms with van der Waals surface area (Å²) in [5, 5.41) is 0. The van der Waals surface area contributed by atoms with Gasteiger partial charge in [-0.3, -0.25) is 4.90 Å². The summed E-state index contributed by atoms with van der Waals surface area (Å²) in [4.78, 5) is 5.44. The maximum atomic E-state index is 12.7. The van der Waals surface area contributed by atoms with Crippen molar-refractivity contribution in [2.45, 2.75) is 37.0 Å². The van der Waals surface area contributed by atoms with Crippen molar-refractivity contribution in [2.24, 2.45) is 11.8 Å². The van der Waals surface area contributed by atoms with Crippen molar-refractivity contribution in [3.63, 3.8) is 0 Å². The molecule has 178 valence electrons. The summed E-state index contributed by atoms with van der Waals surface area (Å²) in [6.45, 7) is 5.59. The molecule has 2 fully saturated rings. The van der Waals surface area contributed by atoms with Crippen LogP contribution in [0.2, 0.25) is 0 Å². The lowest BCUT2D eigenvalue weighted by Crippen LogP contribution is -2.47. The number of para-hydroxylation sites is 1. The second-order valence-electron chi connectivity index (χ2n) is 9.61. The summed E-state index contributed by atoms with van der Waals surface area (Å²) in [6.07, 6.45) is 5.60. The molecule has 1 aliphatic carbocycles. The van der Waals surface area contributed by atoms with Crippen molar-refractivity contribution >= 4 is 15.5 Å². The van der Waals surface area contributed by atoms with Crippen LogP contribution in [0.5, 0.6) is 11.5 Å². The molecule has 1 saturated heterocycles. The first-order chi connectivity index (χ1) is 16.1. The summed E-state index contributed by atoms with van der Waals surface area (Å²) in [6, 6.07) is 15.0. The maximum absolute atomic E-state index is 12.7. The monoisotopic (exact) mass is 470 g/mol. The van der Waals surface area contributed by atoms with Gasteiger partial charge in [-0.25, -0.2) is 8.42 Å². The fourth-order valence-corrected chi connectivity index (χ4v) is 7.18. The largest absolute Gasteiger partial charge is 0.454 e. The highest BCUT2D eigenvalue weighted by molar-refractivity contribution is 7.91. The standard InChI is InChI=1S/C26H34N2O4S/c29-33(30,23-5-2-1-3-6-23)19-22-11-9-21(10-12-22)13-14-27-15-17-28(18-16-27)24-7-4-8-25-26(24)32-20-31-25/h1-8,21-22H,9-20H2. The lowest BCUT2D eigenvalue weighted by molar-refractivity contribution is 0.173. The number of benzene rings is 2. The number of hydrogen-bond donors (Lipinski definition) is 0. The van der Waals surface area contributed by atoms with E-state index < -0.39 is 9.84 Å². The van der Waals surface area contributed by atoms with E-state index in [2.05, 4.69) is 15.9 Å². The molecule has 3 aliphatic rings. The van der Waals surface area contributed by atoms with Gasteiger partial charge in [-0.2, -0.15) is 0 Å². The third kappa shape index (κ3) is 5.30. The number of hydrogen-bond acceptors (Lipinski definition) is 6. The van der Waals surface area contributed by atoms with E-state index in [0.717, 1.165) is 81.5 Å². The molecule has 0 aromatic heterocycles. The van der Waals surface area contributed by atoms with E-state index >= 15 is 0 Å². The van der Waals surface area contributed by atoms with Gasteiger partial charge in [0.2, 0.25) is 6.79 Å². The van der Waals surface area contributed by atoms with Crippen LogP contribution in [-0.2, 0) is 9.84 Å². The molecule has 2 aromatic carbocycles. The van der Waals surface area contributed by atoms with Gasteiger partial charge in [0, 0.05) is 26.2 Å². The summed E-state index contributed by atoms with van der Waals surface area (Å²) >= 11 is 0.